The van der Waals surface area contributed by atoms with Gasteiger partial charge >= 0.3 is 5.97 Å². The van der Waals surface area contributed by atoms with Crippen LogP contribution in [0.2, 0.25) is 0 Å². The summed E-state index contributed by atoms with van der Waals surface area (Å²) in [6.45, 7) is 4.28. The molecule has 2 aromatic rings. The number of carbonyl (C=O) groups is 2. The molecular formula is C21H25NO4. The van der Waals surface area contributed by atoms with E-state index in [1.807, 2.05) is 18.2 Å². The van der Waals surface area contributed by atoms with Gasteiger partial charge in [-0.2, -0.15) is 0 Å². The molecule has 0 fully saturated rings. The SMILES string of the molecule is CC(C)c1ccc(CCNC(=O)COC(=O)COc2ccccc2)cc1. The van der Waals surface area contributed by atoms with Crippen LogP contribution in [-0.4, -0.2) is 31.6 Å². The van der Waals surface area contributed by atoms with Crippen molar-refractivity contribution in [2.75, 3.05) is 19.8 Å². The average Bonchev–Trinajstić information content (AvgIpc) is 2.66. The summed E-state index contributed by atoms with van der Waals surface area (Å²) in [7, 11) is 0. The molecule has 1 N–H and O–H groups in total. The summed E-state index contributed by atoms with van der Waals surface area (Å²) >= 11 is 0. The average molecular weight is 355 g/mol. The minimum atomic E-state index is -0.576. The Morgan fingerprint density at radius 3 is 2.31 bits per heavy atom. The van der Waals surface area contributed by atoms with Gasteiger partial charge in [0, 0.05) is 6.54 Å². The summed E-state index contributed by atoms with van der Waals surface area (Å²) in [6.07, 6.45) is 0.731. The largest absolute Gasteiger partial charge is 0.482 e. The maximum absolute atomic E-state index is 11.7. The number of para-hydroxylation sites is 1. The standard InChI is InChI=1S/C21H25NO4/c1-16(2)18-10-8-17(9-11-18)12-13-22-20(23)14-26-21(24)15-25-19-6-4-3-5-7-19/h3-11,16H,12-15H2,1-2H3,(H,22,23). The molecule has 0 radical (unpaired) electrons. The molecule has 0 saturated heterocycles. The molecule has 0 heterocycles. The Kier molecular flexibility index (Phi) is 7.68. The Morgan fingerprint density at radius 1 is 0.962 bits per heavy atom. The molecule has 138 valence electrons. The Morgan fingerprint density at radius 2 is 1.65 bits per heavy atom. The van der Waals surface area contributed by atoms with E-state index in [0.717, 1.165) is 12.0 Å². The zero-order valence-corrected chi connectivity index (χ0v) is 15.2. The van der Waals surface area contributed by atoms with Gasteiger partial charge in [0.15, 0.2) is 13.2 Å². The van der Waals surface area contributed by atoms with Crippen molar-refractivity contribution < 1.29 is 19.1 Å². The van der Waals surface area contributed by atoms with Gasteiger partial charge in [-0.05, 0) is 35.6 Å². The van der Waals surface area contributed by atoms with E-state index in [9.17, 15) is 9.59 Å². The van der Waals surface area contributed by atoms with Crippen LogP contribution in [0.25, 0.3) is 0 Å². The molecule has 2 rings (SSSR count). The highest BCUT2D eigenvalue weighted by atomic mass is 16.6. The molecule has 26 heavy (non-hydrogen) atoms. The summed E-state index contributed by atoms with van der Waals surface area (Å²) < 4.78 is 10.2. The Hall–Kier alpha value is -2.82. The van der Waals surface area contributed by atoms with E-state index < -0.39 is 5.97 Å². The maximum Gasteiger partial charge on any atom is 0.344 e. The van der Waals surface area contributed by atoms with Crippen LogP contribution < -0.4 is 10.1 Å². The Labute approximate surface area is 154 Å². The van der Waals surface area contributed by atoms with Gasteiger partial charge in [0.25, 0.3) is 5.91 Å². The predicted octanol–water partition coefficient (Wildman–Crippen LogP) is 3.09. The van der Waals surface area contributed by atoms with Crippen LogP contribution >= 0.6 is 0 Å². The fourth-order valence-corrected chi connectivity index (χ4v) is 2.31. The van der Waals surface area contributed by atoms with Crippen LogP contribution in [-0.2, 0) is 20.7 Å². The first-order valence-electron chi connectivity index (χ1n) is 8.73. The third-order valence-electron chi connectivity index (χ3n) is 3.85. The van der Waals surface area contributed by atoms with Crippen LogP contribution in [0.1, 0.15) is 30.9 Å². The first kappa shape index (κ1) is 19.5. The Balaban J connectivity index is 1.60. The van der Waals surface area contributed by atoms with Gasteiger partial charge in [-0.15, -0.1) is 0 Å². The lowest BCUT2D eigenvalue weighted by atomic mass is 10.0. The highest BCUT2D eigenvalue weighted by molar-refractivity contribution is 5.80. The second-order valence-electron chi connectivity index (χ2n) is 6.26. The van der Waals surface area contributed by atoms with Gasteiger partial charge in [0.2, 0.25) is 0 Å². The molecule has 0 aliphatic heterocycles. The lowest BCUT2D eigenvalue weighted by Gasteiger charge is -2.09. The van der Waals surface area contributed by atoms with Gasteiger partial charge in [0.1, 0.15) is 5.75 Å². The minimum Gasteiger partial charge on any atom is -0.482 e. The first-order chi connectivity index (χ1) is 12.5. The molecule has 0 spiro atoms. The van der Waals surface area contributed by atoms with Gasteiger partial charge in [-0.25, -0.2) is 4.79 Å². The highest BCUT2D eigenvalue weighted by Crippen LogP contribution is 2.14. The van der Waals surface area contributed by atoms with Crippen LogP contribution in [0.4, 0.5) is 0 Å². The highest BCUT2D eigenvalue weighted by Gasteiger charge is 2.08. The fraction of sp³-hybridized carbons (Fsp3) is 0.333. The Bertz CT molecular complexity index is 696. The molecule has 2 aromatic carbocycles. The monoisotopic (exact) mass is 355 g/mol. The van der Waals surface area contributed by atoms with Crippen molar-refractivity contribution in [2.24, 2.45) is 0 Å². The normalized spacial score (nSPS) is 10.4. The fourth-order valence-electron chi connectivity index (χ4n) is 2.31. The summed E-state index contributed by atoms with van der Waals surface area (Å²) in [4.78, 5) is 23.3. The van der Waals surface area contributed by atoms with Gasteiger partial charge in [0.05, 0.1) is 0 Å². The van der Waals surface area contributed by atoms with Gasteiger partial charge < -0.3 is 14.8 Å². The van der Waals surface area contributed by atoms with Crippen LogP contribution in [0.5, 0.6) is 5.75 Å². The lowest BCUT2D eigenvalue weighted by Crippen LogP contribution is -2.31. The number of hydrogen-bond donors (Lipinski definition) is 1. The molecule has 0 bridgehead atoms. The summed E-state index contributed by atoms with van der Waals surface area (Å²) in [6, 6.07) is 17.3. The number of esters is 1. The van der Waals surface area contributed by atoms with Crippen molar-refractivity contribution in [1.29, 1.82) is 0 Å². The van der Waals surface area contributed by atoms with Crippen molar-refractivity contribution >= 4 is 11.9 Å². The predicted molar refractivity (Wildman–Crippen MR) is 100 cm³/mol. The van der Waals surface area contributed by atoms with E-state index >= 15 is 0 Å². The van der Waals surface area contributed by atoms with Crippen molar-refractivity contribution in [2.45, 2.75) is 26.2 Å². The quantitative estimate of drug-likeness (QED) is 0.702. The number of hydrogen-bond acceptors (Lipinski definition) is 4. The zero-order chi connectivity index (χ0) is 18.8. The molecule has 0 aromatic heterocycles. The van der Waals surface area contributed by atoms with Crippen LogP contribution in [0, 0.1) is 0 Å². The molecule has 0 aliphatic rings. The molecule has 5 nitrogen and oxygen atoms in total. The first-order valence-corrected chi connectivity index (χ1v) is 8.73. The second-order valence-corrected chi connectivity index (χ2v) is 6.26. The maximum atomic E-state index is 11.7. The molecular weight excluding hydrogens is 330 g/mol. The van der Waals surface area contributed by atoms with Crippen LogP contribution in [0.15, 0.2) is 54.6 Å². The van der Waals surface area contributed by atoms with Gasteiger partial charge in [-0.1, -0.05) is 56.3 Å². The summed E-state index contributed by atoms with van der Waals surface area (Å²) in [5, 5.41) is 2.74. The summed E-state index contributed by atoms with van der Waals surface area (Å²) in [5.41, 5.74) is 2.45. The van der Waals surface area contributed by atoms with Crippen LogP contribution in [0.3, 0.4) is 0 Å². The molecule has 1 amide bonds. The van der Waals surface area contributed by atoms with E-state index in [-0.39, 0.29) is 19.1 Å². The van der Waals surface area contributed by atoms with E-state index in [1.54, 1.807) is 12.1 Å². The van der Waals surface area contributed by atoms with Crippen molar-refractivity contribution in [1.82, 2.24) is 5.32 Å². The van der Waals surface area contributed by atoms with E-state index in [0.29, 0.717) is 18.2 Å². The van der Waals surface area contributed by atoms with Crippen molar-refractivity contribution in [3.05, 3.63) is 65.7 Å². The van der Waals surface area contributed by atoms with E-state index in [2.05, 4.69) is 43.4 Å². The molecule has 0 saturated carbocycles. The van der Waals surface area contributed by atoms with E-state index in [4.69, 9.17) is 9.47 Å². The third-order valence-corrected chi connectivity index (χ3v) is 3.85. The summed E-state index contributed by atoms with van der Waals surface area (Å²) in [5.74, 6) is 0.187. The smallest absolute Gasteiger partial charge is 0.344 e. The third kappa shape index (κ3) is 6.97. The topological polar surface area (TPSA) is 64.6 Å². The lowest BCUT2D eigenvalue weighted by molar-refractivity contribution is -0.150. The number of carbonyl (C=O) groups excluding carboxylic acids is 2. The van der Waals surface area contributed by atoms with E-state index in [1.165, 1.54) is 5.56 Å². The molecule has 5 heteroatoms. The molecule has 0 atom stereocenters. The number of rotatable bonds is 9. The molecule has 0 aliphatic carbocycles. The van der Waals surface area contributed by atoms with Crippen molar-refractivity contribution in [3.8, 4) is 5.75 Å². The number of amides is 1. The number of ether oxygens (including phenoxy) is 2. The zero-order valence-electron chi connectivity index (χ0n) is 15.2. The van der Waals surface area contributed by atoms with Crippen molar-refractivity contribution in [3.63, 3.8) is 0 Å². The minimum absolute atomic E-state index is 0.223. The number of benzene rings is 2. The second kappa shape index (κ2) is 10.2. The van der Waals surface area contributed by atoms with Gasteiger partial charge in [-0.3, -0.25) is 4.79 Å². The number of nitrogens with one attached hydrogen (secondary N) is 1. The molecule has 0 unspecified atom stereocenters.